The molecule has 1 aliphatic heterocycles. The zero-order chi connectivity index (χ0) is 36.2. The van der Waals surface area contributed by atoms with E-state index in [4.69, 9.17) is 21.7 Å². The fraction of sp³-hybridized carbons (Fsp3) is 0.349. The van der Waals surface area contributed by atoms with Gasteiger partial charge in [-0.05, 0) is 102 Å². The van der Waals surface area contributed by atoms with Crippen LogP contribution in [-0.2, 0) is 13.1 Å². The Kier molecular flexibility index (Phi) is 10.6. The predicted molar refractivity (Wildman–Crippen MR) is 209 cm³/mol. The highest BCUT2D eigenvalue weighted by molar-refractivity contribution is 6.30. The molecule has 2 aliphatic rings. The second kappa shape index (κ2) is 15.4. The molecule has 2 N–H and O–H groups in total. The highest BCUT2D eigenvalue weighted by atomic mass is 35.5. The zero-order valence-electron chi connectivity index (χ0n) is 30.2. The molecule has 1 fully saturated rings. The number of allylic oxidation sites excluding steroid dienone is 1. The Morgan fingerprint density at radius 2 is 1.58 bits per heavy atom. The summed E-state index contributed by atoms with van der Waals surface area (Å²) < 4.78 is 9.95. The van der Waals surface area contributed by atoms with Gasteiger partial charge < -0.3 is 23.9 Å². The number of halogens is 1. The van der Waals surface area contributed by atoms with Crippen molar-refractivity contribution >= 4 is 39.9 Å². The van der Waals surface area contributed by atoms with Crippen LogP contribution in [0.4, 0.5) is 5.69 Å². The minimum atomic E-state index is -0.974. The summed E-state index contributed by atoms with van der Waals surface area (Å²) in [6.45, 7) is 11.6. The van der Waals surface area contributed by atoms with Crippen LogP contribution in [0.15, 0.2) is 103 Å². The standard InChI is InChI=1S/C43H48ClN5O3/c1-43(2)20-19-38(32-13-15-35(44)16-14-32)34(28-43)30-46-22-24-47(25-23-46)36-17-11-31(12-18-36)29-49-40-10-4-3-9-39(40)48(42(49)45)21-6-26-52-37-8-5-7-33(27-37)41(50)51/h3-5,7-18,27,45H,6,19-26,28-30H2,1-2H3,(H,50,51). The molecule has 0 spiro atoms. The van der Waals surface area contributed by atoms with Gasteiger partial charge in [0.1, 0.15) is 5.75 Å². The first-order valence-electron chi connectivity index (χ1n) is 18.4. The van der Waals surface area contributed by atoms with E-state index in [0.29, 0.717) is 42.9 Å². The number of imidazole rings is 1. The Balaban J connectivity index is 0.970. The number of ether oxygens (including phenoxy) is 1. The smallest absolute Gasteiger partial charge is 0.335 e. The summed E-state index contributed by atoms with van der Waals surface area (Å²) >= 11 is 6.22. The topological polar surface area (TPSA) is 86.7 Å². The average Bonchev–Trinajstić information content (AvgIpc) is 3.40. The zero-order valence-corrected chi connectivity index (χ0v) is 30.9. The Labute approximate surface area is 311 Å². The van der Waals surface area contributed by atoms with Crippen molar-refractivity contribution in [3.63, 3.8) is 0 Å². The number of nitrogens with one attached hydrogen (secondary N) is 1. The molecule has 9 heteroatoms. The molecular formula is C43H48ClN5O3. The van der Waals surface area contributed by atoms with E-state index in [1.54, 1.807) is 23.8 Å². The van der Waals surface area contributed by atoms with Gasteiger partial charge in [-0.15, -0.1) is 0 Å². The van der Waals surface area contributed by atoms with E-state index >= 15 is 0 Å². The number of carbonyl (C=O) groups is 1. The third-order valence-corrected chi connectivity index (χ3v) is 10.9. The summed E-state index contributed by atoms with van der Waals surface area (Å²) in [5.74, 6) is -0.438. The summed E-state index contributed by atoms with van der Waals surface area (Å²) in [5, 5.41) is 19.2. The van der Waals surface area contributed by atoms with Gasteiger partial charge >= 0.3 is 5.97 Å². The molecule has 270 valence electrons. The minimum absolute atomic E-state index is 0.205. The number of hydrogen-bond donors (Lipinski definition) is 2. The summed E-state index contributed by atoms with van der Waals surface area (Å²) in [6, 6.07) is 32.0. The van der Waals surface area contributed by atoms with Crippen molar-refractivity contribution < 1.29 is 14.6 Å². The molecule has 1 saturated heterocycles. The van der Waals surface area contributed by atoms with Crippen LogP contribution in [0.3, 0.4) is 0 Å². The fourth-order valence-corrected chi connectivity index (χ4v) is 7.93. The van der Waals surface area contributed by atoms with Gasteiger partial charge in [0.15, 0.2) is 0 Å². The molecule has 0 radical (unpaired) electrons. The van der Waals surface area contributed by atoms with Crippen molar-refractivity contribution in [2.45, 2.75) is 52.6 Å². The summed E-state index contributed by atoms with van der Waals surface area (Å²) in [5.41, 5.74) is 9.85. The SMILES string of the molecule is CC1(C)CCC(c2ccc(Cl)cc2)=C(CN2CCN(c3ccc(Cn4c(=N)n(CCCOc5cccc(C(=O)O)c5)c5ccccc54)cc3)CC2)C1. The van der Waals surface area contributed by atoms with Crippen molar-refractivity contribution in [3.8, 4) is 5.75 Å². The number of fused-ring (bicyclic) bond motifs is 1. The van der Waals surface area contributed by atoms with Gasteiger partial charge in [-0.25, -0.2) is 4.79 Å². The number of nitrogens with zero attached hydrogens (tertiary/aromatic N) is 4. The van der Waals surface area contributed by atoms with E-state index in [0.717, 1.165) is 67.2 Å². The number of carboxylic acids is 1. The second-order valence-electron chi connectivity index (χ2n) is 14.9. The van der Waals surface area contributed by atoms with Crippen LogP contribution in [0.2, 0.25) is 5.02 Å². The number of benzene rings is 4. The molecule has 0 atom stereocenters. The van der Waals surface area contributed by atoms with Crippen LogP contribution in [0.1, 0.15) is 61.0 Å². The molecule has 1 aliphatic carbocycles. The lowest BCUT2D eigenvalue weighted by molar-refractivity contribution is 0.0696. The lowest BCUT2D eigenvalue weighted by Gasteiger charge is -2.39. The molecule has 7 rings (SSSR count). The largest absolute Gasteiger partial charge is 0.494 e. The highest BCUT2D eigenvalue weighted by Crippen LogP contribution is 2.43. The molecular weight excluding hydrogens is 670 g/mol. The molecule has 0 unspecified atom stereocenters. The Morgan fingerprint density at radius 1 is 0.865 bits per heavy atom. The van der Waals surface area contributed by atoms with Gasteiger partial charge in [0.05, 0.1) is 29.7 Å². The van der Waals surface area contributed by atoms with E-state index in [-0.39, 0.29) is 5.56 Å². The van der Waals surface area contributed by atoms with Crippen molar-refractivity contribution in [2.75, 3.05) is 44.2 Å². The number of para-hydroxylation sites is 2. The number of anilines is 1. The maximum absolute atomic E-state index is 11.3. The van der Waals surface area contributed by atoms with Gasteiger partial charge in [-0.1, -0.05) is 73.5 Å². The molecule has 8 nitrogen and oxygen atoms in total. The Bertz CT molecular complexity index is 2120. The summed E-state index contributed by atoms with van der Waals surface area (Å²) in [7, 11) is 0. The first-order valence-corrected chi connectivity index (χ1v) is 18.7. The summed E-state index contributed by atoms with van der Waals surface area (Å²) in [4.78, 5) is 16.4. The van der Waals surface area contributed by atoms with Crippen LogP contribution in [0, 0.1) is 10.8 Å². The van der Waals surface area contributed by atoms with Crippen molar-refractivity contribution in [3.05, 3.63) is 130 Å². The third-order valence-electron chi connectivity index (χ3n) is 10.6. The number of aryl methyl sites for hydroxylation is 1. The lowest BCUT2D eigenvalue weighted by atomic mass is 9.73. The van der Waals surface area contributed by atoms with Crippen molar-refractivity contribution in [1.82, 2.24) is 14.0 Å². The van der Waals surface area contributed by atoms with Gasteiger partial charge in [0.25, 0.3) is 0 Å². The van der Waals surface area contributed by atoms with Gasteiger partial charge in [-0.2, -0.15) is 0 Å². The van der Waals surface area contributed by atoms with E-state index in [2.05, 4.69) is 76.7 Å². The summed E-state index contributed by atoms with van der Waals surface area (Å²) in [6.07, 6.45) is 4.16. The number of piperazine rings is 1. The number of hydrogen-bond acceptors (Lipinski definition) is 5. The molecule has 0 bridgehead atoms. The van der Waals surface area contributed by atoms with Crippen molar-refractivity contribution in [2.24, 2.45) is 5.41 Å². The number of aromatic carboxylic acids is 1. The van der Waals surface area contributed by atoms with Gasteiger partial charge in [0.2, 0.25) is 5.62 Å². The van der Waals surface area contributed by atoms with Crippen LogP contribution in [-0.4, -0.2) is 64.4 Å². The first kappa shape index (κ1) is 35.6. The van der Waals surface area contributed by atoms with E-state index in [1.165, 1.54) is 29.3 Å². The molecule has 4 aromatic carbocycles. The normalized spacial score (nSPS) is 16.4. The average molecular weight is 718 g/mol. The fourth-order valence-electron chi connectivity index (χ4n) is 7.81. The number of aromatic nitrogens is 2. The van der Waals surface area contributed by atoms with Crippen LogP contribution < -0.4 is 15.3 Å². The number of rotatable bonds is 12. The molecule has 52 heavy (non-hydrogen) atoms. The highest BCUT2D eigenvalue weighted by Gasteiger charge is 2.29. The van der Waals surface area contributed by atoms with Gasteiger partial charge in [-0.3, -0.25) is 10.3 Å². The molecule has 0 amide bonds. The van der Waals surface area contributed by atoms with Crippen LogP contribution in [0.25, 0.3) is 16.6 Å². The lowest BCUT2D eigenvalue weighted by Crippen LogP contribution is -2.47. The number of carboxylic acid groups (broad SMARTS) is 1. The van der Waals surface area contributed by atoms with Gasteiger partial charge in [0, 0.05) is 50.0 Å². The predicted octanol–water partition coefficient (Wildman–Crippen LogP) is 8.58. The Hall–Kier alpha value is -4.79. The quantitative estimate of drug-likeness (QED) is 0.126. The van der Waals surface area contributed by atoms with Crippen molar-refractivity contribution in [1.29, 1.82) is 5.41 Å². The first-order chi connectivity index (χ1) is 25.1. The Morgan fingerprint density at radius 3 is 2.29 bits per heavy atom. The maximum atomic E-state index is 11.3. The third kappa shape index (κ3) is 8.14. The molecule has 5 aromatic rings. The molecule has 1 aromatic heterocycles. The van der Waals surface area contributed by atoms with E-state index < -0.39 is 5.97 Å². The van der Waals surface area contributed by atoms with E-state index in [1.807, 2.05) is 28.8 Å². The maximum Gasteiger partial charge on any atom is 0.335 e. The monoisotopic (exact) mass is 717 g/mol. The second-order valence-corrected chi connectivity index (χ2v) is 15.4. The van der Waals surface area contributed by atoms with E-state index in [9.17, 15) is 9.90 Å². The van der Waals surface area contributed by atoms with Crippen LogP contribution in [0.5, 0.6) is 5.75 Å². The minimum Gasteiger partial charge on any atom is -0.494 e. The molecule has 0 saturated carbocycles. The van der Waals surface area contributed by atoms with Crippen LogP contribution >= 0.6 is 11.6 Å². The molecule has 2 heterocycles.